The molecular weight excluding hydrogens is 224 g/mol. The Labute approximate surface area is 111 Å². The number of likely N-dealkylation sites (tertiary alicyclic amines) is 1. The molecule has 1 N–H and O–H groups in total. The number of hydrogen-bond donors (Lipinski definition) is 1. The molecule has 1 aliphatic rings. The van der Waals surface area contributed by atoms with E-state index in [9.17, 15) is 0 Å². The van der Waals surface area contributed by atoms with Gasteiger partial charge in [0.2, 0.25) is 0 Å². The predicted octanol–water partition coefficient (Wildman–Crippen LogP) is 3.19. The van der Waals surface area contributed by atoms with Crippen LogP contribution in [0.15, 0.2) is 22.8 Å². The van der Waals surface area contributed by atoms with Gasteiger partial charge in [-0.05, 0) is 52.7 Å². The van der Waals surface area contributed by atoms with Crippen LogP contribution in [0.2, 0.25) is 0 Å². The van der Waals surface area contributed by atoms with E-state index in [2.05, 4.69) is 37.9 Å². The number of nitrogens with zero attached hydrogens (tertiary/aromatic N) is 1. The predicted molar refractivity (Wildman–Crippen MR) is 74.6 cm³/mol. The van der Waals surface area contributed by atoms with Gasteiger partial charge in [-0.25, -0.2) is 0 Å². The first-order chi connectivity index (χ1) is 8.47. The topological polar surface area (TPSA) is 28.4 Å². The van der Waals surface area contributed by atoms with Crippen LogP contribution < -0.4 is 5.32 Å². The van der Waals surface area contributed by atoms with Crippen LogP contribution in [0.25, 0.3) is 0 Å². The van der Waals surface area contributed by atoms with Crippen molar-refractivity contribution in [3.8, 4) is 0 Å². The van der Waals surface area contributed by atoms with Gasteiger partial charge in [0.05, 0.1) is 12.3 Å². The summed E-state index contributed by atoms with van der Waals surface area (Å²) in [6.45, 7) is 11.4. The van der Waals surface area contributed by atoms with E-state index in [4.69, 9.17) is 4.42 Å². The van der Waals surface area contributed by atoms with E-state index in [1.807, 2.05) is 12.1 Å². The number of piperidine rings is 1. The normalized spacial score (nSPS) is 21.1. The van der Waals surface area contributed by atoms with Gasteiger partial charge in [-0.15, -0.1) is 0 Å². The fourth-order valence-corrected chi connectivity index (χ4v) is 2.69. The Bertz CT molecular complexity index is 345. The Morgan fingerprint density at radius 1 is 1.33 bits per heavy atom. The zero-order valence-electron chi connectivity index (χ0n) is 12.1. The van der Waals surface area contributed by atoms with Gasteiger partial charge in [0.15, 0.2) is 0 Å². The summed E-state index contributed by atoms with van der Waals surface area (Å²) >= 11 is 0. The van der Waals surface area contributed by atoms with Crippen molar-refractivity contribution in [1.82, 2.24) is 10.2 Å². The highest BCUT2D eigenvalue weighted by atomic mass is 16.3. The summed E-state index contributed by atoms with van der Waals surface area (Å²) in [5.41, 5.74) is 0.303. The summed E-state index contributed by atoms with van der Waals surface area (Å²) in [5, 5.41) is 3.67. The summed E-state index contributed by atoms with van der Waals surface area (Å²) in [4.78, 5) is 2.57. The lowest BCUT2D eigenvalue weighted by Crippen LogP contribution is -2.50. The molecule has 0 spiro atoms. The highest BCUT2D eigenvalue weighted by Gasteiger charge is 2.27. The second-order valence-corrected chi connectivity index (χ2v) is 6.34. The van der Waals surface area contributed by atoms with Gasteiger partial charge >= 0.3 is 0 Å². The lowest BCUT2D eigenvalue weighted by atomic mass is 9.97. The zero-order valence-corrected chi connectivity index (χ0v) is 12.1. The van der Waals surface area contributed by atoms with Crippen molar-refractivity contribution in [3.63, 3.8) is 0 Å². The molecule has 2 rings (SSSR count). The minimum Gasteiger partial charge on any atom is -0.468 e. The van der Waals surface area contributed by atoms with Gasteiger partial charge < -0.3 is 9.73 Å². The second kappa shape index (κ2) is 5.45. The Morgan fingerprint density at radius 2 is 2.00 bits per heavy atom. The molecule has 0 bridgehead atoms. The maximum absolute atomic E-state index is 5.44. The molecule has 1 saturated heterocycles. The molecule has 102 valence electrons. The van der Waals surface area contributed by atoms with E-state index in [0.717, 1.165) is 5.76 Å². The van der Waals surface area contributed by atoms with E-state index >= 15 is 0 Å². The van der Waals surface area contributed by atoms with Gasteiger partial charge in [0, 0.05) is 24.7 Å². The number of nitrogens with one attached hydrogen (secondary N) is 1. The van der Waals surface area contributed by atoms with Gasteiger partial charge in [0.25, 0.3) is 0 Å². The standard InChI is InChI=1S/C15H26N2O/c1-12(14-6-5-11-18-14)16-13-7-9-17(10-8-13)15(2,3)4/h5-6,11-13,16H,7-10H2,1-4H3. The minimum absolute atomic E-state index is 0.303. The molecule has 0 radical (unpaired) electrons. The Balaban J connectivity index is 1.80. The molecule has 1 aliphatic heterocycles. The van der Waals surface area contributed by atoms with Crippen molar-refractivity contribution >= 4 is 0 Å². The first-order valence-electron chi connectivity index (χ1n) is 7.01. The highest BCUT2D eigenvalue weighted by Crippen LogP contribution is 2.22. The number of furan rings is 1. The van der Waals surface area contributed by atoms with Crippen LogP contribution in [0.1, 0.15) is 52.3 Å². The van der Waals surface area contributed by atoms with Crippen LogP contribution in [-0.2, 0) is 0 Å². The molecule has 0 amide bonds. The van der Waals surface area contributed by atoms with E-state index < -0.39 is 0 Å². The van der Waals surface area contributed by atoms with Gasteiger partial charge in [0.1, 0.15) is 5.76 Å². The summed E-state index contributed by atoms with van der Waals surface area (Å²) < 4.78 is 5.44. The van der Waals surface area contributed by atoms with Crippen molar-refractivity contribution in [3.05, 3.63) is 24.2 Å². The third-order valence-corrected chi connectivity index (χ3v) is 3.90. The van der Waals surface area contributed by atoms with Crippen molar-refractivity contribution in [2.24, 2.45) is 0 Å². The van der Waals surface area contributed by atoms with Gasteiger partial charge in [-0.1, -0.05) is 0 Å². The average Bonchev–Trinajstić information content (AvgIpc) is 2.82. The number of rotatable bonds is 3. The molecule has 2 heterocycles. The maximum Gasteiger partial charge on any atom is 0.120 e. The molecule has 0 saturated carbocycles. The fraction of sp³-hybridized carbons (Fsp3) is 0.733. The average molecular weight is 250 g/mol. The molecule has 1 aromatic heterocycles. The monoisotopic (exact) mass is 250 g/mol. The van der Waals surface area contributed by atoms with Crippen molar-refractivity contribution in [1.29, 1.82) is 0 Å². The van der Waals surface area contributed by atoms with E-state index in [0.29, 0.717) is 17.6 Å². The largest absolute Gasteiger partial charge is 0.468 e. The van der Waals surface area contributed by atoms with E-state index in [1.165, 1.54) is 25.9 Å². The molecule has 0 aromatic carbocycles. The van der Waals surface area contributed by atoms with Crippen LogP contribution in [0.4, 0.5) is 0 Å². The molecule has 3 nitrogen and oxygen atoms in total. The summed E-state index contributed by atoms with van der Waals surface area (Å²) in [6.07, 6.45) is 4.19. The SMILES string of the molecule is CC(NC1CCN(C(C)(C)C)CC1)c1ccco1. The highest BCUT2D eigenvalue weighted by molar-refractivity contribution is 5.03. The van der Waals surface area contributed by atoms with Crippen molar-refractivity contribution < 1.29 is 4.42 Å². The summed E-state index contributed by atoms with van der Waals surface area (Å²) in [7, 11) is 0. The Hall–Kier alpha value is -0.800. The third-order valence-electron chi connectivity index (χ3n) is 3.90. The molecular formula is C15H26N2O. The van der Waals surface area contributed by atoms with E-state index in [1.54, 1.807) is 6.26 Å². The second-order valence-electron chi connectivity index (χ2n) is 6.34. The first-order valence-corrected chi connectivity index (χ1v) is 7.01. The zero-order chi connectivity index (χ0) is 13.2. The van der Waals surface area contributed by atoms with E-state index in [-0.39, 0.29) is 0 Å². The van der Waals surface area contributed by atoms with Crippen molar-refractivity contribution in [2.45, 2.75) is 58.2 Å². The molecule has 1 aromatic rings. The molecule has 1 atom stereocenters. The minimum atomic E-state index is 0.303. The lowest BCUT2D eigenvalue weighted by molar-refractivity contribution is 0.0935. The van der Waals surface area contributed by atoms with Gasteiger partial charge in [-0.2, -0.15) is 0 Å². The molecule has 1 fully saturated rings. The van der Waals surface area contributed by atoms with Gasteiger partial charge in [-0.3, -0.25) is 4.90 Å². The summed E-state index contributed by atoms with van der Waals surface area (Å²) in [6, 6.07) is 4.92. The Kier molecular flexibility index (Phi) is 4.13. The summed E-state index contributed by atoms with van der Waals surface area (Å²) in [5.74, 6) is 1.04. The smallest absolute Gasteiger partial charge is 0.120 e. The lowest BCUT2D eigenvalue weighted by Gasteiger charge is -2.41. The van der Waals surface area contributed by atoms with Crippen LogP contribution in [0.5, 0.6) is 0 Å². The molecule has 0 aliphatic carbocycles. The van der Waals surface area contributed by atoms with Crippen LogP contribution in [0.3, 0.4) is 0 Å². The third kappa shape index (κ3) is 3.36. The van der Waals surface area contributed by atoms with Crippen LogP contribution >= 0.6 is 0 Å². The molecule has 1 unspecified atom stereocenters. The molecule has 3 heteroatoms. The quantitative estimate of drug-likeness (QED) is 0.893. The maximum atomic E-state index is 5.44. The first kappa shape index (κ1) is 13.6. The van der Waals surface area contributed by atoms with Crippen LogP contribution in [0, 0.1) is 0 Å². The molecule has 18 heavy (non-hydrogen) atoms. The Morgan fingerprint density at radius 3 is 2.50 bits per heavy atom. The number of hydrogen-bond acceptors (Lipinski definition) is 3. The fourth-order valence-electron chi connectivity index (χ4n) is 2.69. The van der Waals surface area contributed by atoms with Crippen LogP contribution in [-0.4, -0.2) is 29.6 Å². The van der Waals surface area contributed by atoms with Crippen molar-refractivity contribution in [2.75, 3.05) is 13.1 Å².